The van der Waals surface area contributed by atoms with Gasteiger partial charge in [0.25, 0.3) is 0 Å². The second kappa shape index (κ2) is 5.52. The first-order valence-electron chi connectivity index (χ1n) is 8.47. The van der Waals surface area contributed by atoms with Crippen LogP contribution < -0.4 is 5.73 Å². The maximum Gasteiger partial charge on any atom is 0.0441 e. The molecule has 1 heteroatoms. The number of fused-ring (bicyclic) bond motifs is 1. The van der Waals surface area contributed by atoms with Gasteiger partial charge in [0.2, 0.25) is 0 Å². The van der Waals surface area contributed by atoms with Crippen LogP contribution in [0.25, 0.3) is 0 Å². The highest BCUT2D eigenvalue weighted by Crippen LogP contribution is 2.46. The normalized spacial score (nSPS) is 38.0. The van der Waals surface area contributed by atoms with E-state index in [0.29, 0.717) is 5.92 Å². The van der Waals surface area contributed by atoms with Crippen LogP contribution in [0.4, 0.5) is 0 Å². The fraction of sp³-hybridized carbons (Fsp3) is 0.684. The molecule has 110 valence electrons. The molecular formula is C19H29N. The molecule has 20 heavy (non-hydrogen) atoms. The van der Waals surface area contributed by atoms with Crippen molar-refractivity contribution in [2.75, 3.05) is 0 Å². The molecule has 0 spiro atoms. The second-order valence-corrected chi connectivity index (χ2v) is 7.52. The van der Waals surface area contributed by atoms with Gasteiger partial charge in [0.1, 0.15) is 0 Å². The lowest BCUT2D eigenvalue weighted by molar-refractivity contribution is 0.126. The van der Waals surface area contributed by atoms with Crippen molar-refractivity contribution in [1.29, 1.82) is 0 Å². The van der Waals surface area contributed by atoms with Crippen LogP contribution >= 0.6 is 0 Å². The van der Waals surface area contributed by atoms with Crippen LogP contribution in [0.2, 0.25) is 0 Å². The van der Waals surface area contributed by atoms with E-state index in [-0.39, 0.29) is 5.54 Å². The maximum absolute atomic E-state index is 7.07. The van der Waals surface area contributed by atoms with Gasteiger partial charge in [-0.1, -0.05) is 44.5 Å². The van der Waals surface area contributed by atoms with Crippen molar-refractivity contribution in [2.24, 2.45) is 23.5 Å². The molecule has 0 aliphatic heterocycles. The monoisotopic (exact) mass is 271 g/mol. The minimum absolute atomic E-state index is 0.0734. The molecule has 0 heterocycles. The topological polar surface area (TPSA) is 26.0 Å². The predicted molar refractivity (Wildman–Crippen MR) is 85.5 cm³/mol. The number of rotatable bonds is 1. The van der Waals surface area contributed by atoms with Gasteiger partial charge >= 0.3 is 0 Å². The Kier molecular flexibility index (Phi) is 3.90. The molecule has 3 atom stereocenters. The molecule has 0 bridgehead atoms. The molecular weight excluding hydrogens is 242 g/mol. The Hall–Kier alpha value is -0.820. The Morgan fingerprint density at radius 2 is 1.70 bits per heavy atom. The highest BCUT2D eigenvalue weighted by molar-refractivity contribution is 5.35. The molecule has 0 aromatic heterocycles. The minimum atomic E-state index is -0.0734. The van der Waals surface area contributed by atoms with Crippen LogP contribution in [0, 0.1) is 17.8 Å². The lowest BCUT2D eigenvalue weighted by Crippen LogP contribution is -2.47. The van der Waals surface area contributed by atoms with Crippen LogP contribution in [0.1, 0.15) is 63.5 Å². The van der Waals surface area contributed by atoms with E-state index in [2.05, 4.69) is 38.1 Å². The van der Waals surface area contributed by atoms with Crippen LogP contribution in [-0.2, 0) is 12.0 Å². The zero-order chi connectivity index (χ0) is 14.2. The average Bonchev–Trinajstić information content (AvgIpc) is 2.59. The van der Waals surface area contributed by atoms with E-state index in [1.54, 1.807) is 0 Å². The fourth-order valence-electron chi connectivity index (χ4n) is 4.85. The molecule has 2 aliphatic carbocycles. The van der Waals surface area contributed by atoms with Gasteiger partial charge in [0.05, 0.1) is 0 Å². The van der Waals surface area contributed by atoms with Crippen LogP contribution in [0.15, 0.2) is 24.3 Å². The quantitative estimate of drug-likeness (QED) is 0.740. The number of hydrogen-bond acceptors (Lipinski definition) is 1. The molecule has 2 aliphatic rings. The van der Waals surface area contributed by atoms with Crippen molar-refractivity contribution in [3.63, 3.8) is 0 Å². The first-order chi connectivity index (χ1) is 9.59. The minimum Gasteiger partial charge on any atom is -0.321 e. The third kappa shape index (κ3) is 2.53. The summed E-state index contributed by atoms with van der Waals surface area (Å²) in [5.74, 6) is 2.33. The van der Waals surface area contributed by atoms with Gasteiger partial charge in [-0.05, 0) is 67.4 Å². The fourth-order valence-corrected chi connectivity index (χ4v) is 4.85. The summed E-state index contributed by atoms with van der Waals surface area (Å²) in [6.45, 7) is 4.82. The smallest absolute Gasteiger partial charge is 0.0441 e. The molecule has 1 saturated carbocycles. The molecule has 1 aromatic carbocycles. The average molecular weight is 271 g/mol. The van der Waals surface area contributed by atoms with E-state index in [1.165, 1.54) is 56.1 Å². The van der Waals surface area contributed by atoms with Gasteiger partial charge in [-0.25, -0.2) is 0 Å². The second-order valence-electron chi connectivity index (χ2n) is 7.52. The largest absolute Gasteiger partial charge is 0.321 e. The van der Waals surface area contributed by atoms with Gasteiger partial charge in [-0.2, -0.15) is 0 Å². The summed E-state index contributed by atoms with van der Waals surface area (Å²) in [5.41, 5.74) is 9.97. The summed E-state index contributed by atoms with van der Waals surface area (Å²) in [6, 6.07) is 8.97. The molecule has 2 N–H and O–H groups in total. The summed E-state index contributed by atoms with van der Waals surface area (Å²) < 4.78 is 0. The molecule has 3 rings (SSSR count). The van der Waals surface area contributed by atoms with Crippen molar-refractivity contribution in [1.82, 2.24) is 0 Å². The Labute approximate surface area is 124 Å². The van der Waals surface area contributed by atoms with Crippen molar-refractivity contribution < 1.29 is 0 Å². The molecule has 0 saturated heterocycles. The molecule has 1 aromatic rings. The van der Waals surface area contributed by atoms with E-state index < -0.39 is 0 Å². The zero-order valence-electron chi connectivity index (χ0n) is 13.1. The lowest BCUT2D eigenvalue weighted by atomic mass is 9.64. The predicted octanol–water partition coefficient (Wildman–Crippen LogP) is 4.64. The van der Waals surface area contributed by atoms with Crippen molar-refractivity contribution in [3.05, 3.63) is 35.4 Å². The van der Waals surface area contributed by atoms with Crippen molar-refractivity contribution in [3.8, 4) is 0 Å². The number of aryl methyl sites for hydroxylation is 1. The summed E-state index contributed by atoms with van der Waals surface area (Å²) in [5, 5.41) is 0. The van der Waals surface area contributed by atoms with E-state index in [9.17, 15) is 0 Å². The number of nitrogens with two attached hydrogens (primary N) is 1. The molecule has 1 fully saturated rings. The standard InChI is InChI=1S/C19H29N/c1-14-11-15(2)13-17(12-14)19(20)10-6-5-8-16-7-3-4-9-18(16)19/h3-4,7,9,14-15,17H,5-6,8,10-13,20H2,1-2H3. The summed E-state index contributed by atoms with van der Waals surface area (Å²) in [7, 11) is 0. The first kappa shape index (κ1) is 14.1. The van der Waals surface area contributed by atoms with E-state index >= 15 is 0 Å². The summed E-state index contributed by atoms with van der Waals surface area (Å²) >= 11 is 0. The van der Waals surface area contributed by atoms with E-state index in [1.807, 2.05) is 0 Å². The summed E-state index contributed by atoms with van der Waals surface area (Å²) in [4.78, 5) is 0. The van der Waals surface area contributed by atoms with Crippen LogP contribution in [-0.4, -0.2) is 0 Å². The zero-order valence-corrected chi connectivity index (χ0v) is 13.1. The lowest BCUT2D eigenvalue weighted by Gasteiger charge is -2.44. The Morgan fingerprint density at radius 1 is 1.00 bits per heavy atom. The highest BCUT2D eigenvalue weighted by atomic mass is 14.8. The van der Waals surface area contributed by atoms with Crippen molar-refractivity contribution >= 4 is 0 Å². The Bertz CT molecular complexity index is 457. The Balaban J connectivity index is 1.97. The third-order valence-electron chi connectivity index (χ3n) is 5.71. The van der Waals surface area contributed by atoms with E-state index in [4.69, 9.17) is 5.73 Å². The van der Waals surface area contributed by atoms with Gasteiger partial charge < -0.3 is 5.73 Å². The molecule has 0 amide bonds. The molecule has 0 radical (unpaired) electrons. The van der Waals surface area contributed by atoms with Crippen molar-refractivity contribution in [2.45, 2.75) is 64.3 Å². The van der Waals surface area contributed by atoms with Gasteiger partial charge in [0, 0.05) is 5.54 Å². The SMILES string of the molecule is CC1CC(C)CC(C2(N)CCCCc3ccccc32)C1. The van der Waals surface area contributed by atoms with Crippen LogP contribution in [0.3, 0.4) is 0 Å². The first-order valence-corrected chi connectivity index (χ1v) is 8.47. The van der Waals surface area contributed by atoms with Gasteiger partial charge in [-0.15, -0.1) is 0 Å². The Morgan fingerprint density at radius 3 is 2.45 bits per heavy atom. The third-order valence-corrected chi connectivity index (χ3v) is 5.71. The van der Waals surface area contributed by atoms with E-state index in [0.717, 1.165) is 11.8 Å². The molecule has 1 nitrogen and oxygen atoms in total. The maximum atomic E-state index is 7.07. The number of benzene rings is 1. The highest BCUT2D eigenvalue weighted by Gasteiger charge is 2.41. The molecule has 3 unspecified atom stereocenters. The summed E-state index contributed by atoms with van der Waals surface area (Å²) in [6.07, 6.45) is 8.98. The van der Waals surface area contributed by atoms with Gasteiger partial charge in [-0.3, -0.25) is 0 Å². The van der Waals surface area contributed by atoms with Gasteiger partial charge in [0.15, 0.2) is 0 Å². The van der Waals surface area contributed by atoms with Crippen LogP contribution in [0.5, 0.6) is 0 Å². The number of hydrogen-bond donors (Lipinski definition) is 1.